The number of fused-ring (bicyclic) bond motifs is 1. The molecule has 0 atom stereocenters. The zero-order valence-electron chi connectivity index (χ0n) is 19.4. The van der Waals surface area contributed by atoms with E-state index in [1.807, 2.05) is 30.0 Å². The zero-order chi connectivity index (χ0) is 23.8. The highest BCUT2D eigenvalue weighted by molar-refractivity contribution is 8.00. The largest absolute Gasteiger partial charge is 0.494 e. The second kappa shape index (κ2) is 12.2. The van der Waals surface area contributed by atoms with Crippen molar-refractivity contribution in [1.29, 1.82) is 0 Å². The molecule has 3 rings (SSSR count). The summed E-state index contributed by atoms with van der Waals surface area (Å²) in [5, 5.41) is 0. The maximum absolute atomic E-state index is 12.6. The summed E-state index contributed by atoms with van der Waals surface area (Å²) in [6.45, 7) is 8.23. The topological polar surface area (TPSA) is 90.2 Å². The Morgan fingerprint density at radius 1 is 1.15 bits per heavy atom. The molecule has 0 unspecified atom stereocenters. The monoisotopic (exact) mass is 493 g/mol. The Bertz CT molecular complexity index is 1050. The third-order valence-electron chi connectivity index (χ3n) is 5.37. The van der Waals surface area contributed by atoms with Gasteiger partial charge in [-0.2, -0.15) is 4.99 Å². The quantitative estimate of drug-likeness (QED) is 0.499. The summed E-state index contributed by atoms with van der Waals surface area (Å²) in [6, 6.07) is 5.56. The van der Waals surface area contributed by atoms with Gasteiger partial charge in [0.1, 0.15) is 12.3 Å². The van der Waals surface area contributed by atoms with Crippen molar-refractivity contribution < 1.29 is 23.9 Å². The van der Waals surface area contributed by atoms with Gasteiger partial charge in [-0.3, -0.25) is 14.4 Å². The number of amides is 2. The molecule has 2 amide bonds. The van der Waals surface area contributed by atoms with E-state index in [0.29, 0.717) is 23.1 Å². The van der Waals surface area contributed by atoms with Crippen LogP contribution in [-0.4, -0.2) is 65.1 Å². The van der Waals surface area contributed by atoms with Crippen LogP contribution in [0.15, 0.2) is 23.2 Å². The lowest BCUT2D eigenvalue weighted by atomic mass is 9.99. The first-order valence-electron chi connectivity index (χ1n) is 11.3. The molecule has 0 N–H and O–H groups in total. The van der Waals surface area contributed by atoms with Gasteiger partial charge in [-0.25, -0.2) is 0 Å². The number of carbonyl (C=O) groups is 3. The molecule has 1 fully saturated rings. The molecular formula is C23H31N3O5S2. The molecule has 33 heavy (non-hydrogen) atoms. The highest BCUT2D eigenvalue weighted by Crippen LogP contribution is 2.24. The Labute approximate surface area is 202 Å². The summed E-state index contributed by atoms with van der Waals surface area (Å²) in [6.07, 6.45) is 2.06. The molecule has 0 spiro atoms. The Balaban J connectivity index is 1.71. The summed E-state index contributed by atoms with van der Waals surface area (Å²) < 4.78 is 13.2. The van der Waals surface area contributed by atoms with E-state index in [1.54, 1.807) is 11.5 Å². The number of hydrogen-bond acceptors (Lipinski definition) is 7. The van der Waals surface area contributed by atoms with E-state index in [9.17, 15) is 14.4 Å². The molecule has 1 aliphatic heterocycles. The molecule has 2 heterocycles. The van der Waals surface area contributed by atoms with Crippen molar-refractivity contribution in [3.8, 4) is 5.75 Å². The summed E-state index contributed by atoms with van der Waals surface area (Å²) >= 11 is 2.59. The molecule has 1 saturated heterocycles. The molecule has 180 valence electrons. The van der Waals surface area contributed by atoms with E-state index >= 15 is 0 Å². The van der Waals surface area contributed by atoms with Crippen molar-refractivity contribution in [3.63, 3.8) is 0 Å². The van der Waals surface area contributed by atoms with Gasteiger partial charge in [-0.1, -0.05) is 18.3 Å². The van der Waals surface area contributed by atoms with Gasteiger partial charge < -0.3 is 18.9 Å². The molecule has 0 saturated carbocycles. The number of carbonyl (C=O) groups excluding carboxylic acids is 3. The first-order chi connectivity index (χ1) is 15.9. The highest BCUT2D eigenvalue weighted by Gasteiger charge is 2.20. The number of benzene rings is 1. The second-order valence-electron chi connectivity index (χ2n) is 7.90. The number of esters is 1. The van der Waals surface area contributed by atoms with E-state index in [2.05, 4.69) is 11.9 Å². The Morgan fingerprint density at radius 2 is 1.91 bits per heavy atom. The van der Waals surface area contributed by atoms with Gasteiger partial charge in [0, 0.05) is 13.1 Å². The van der Waals surface area contributed by atoms with Crippen LogP contribution in [0.25, 0.3) is 10.2 Å². The first kappa shape index (κ1) is 25.3. The smallest absolute Gasteiger partial charge is 0.326 e. The minimum Gasteiger partial charge on any atom is -0.494 e. The predicted molar refractivity (Wildman–Crippen MR) is 130 cm³/mol. The average Bonchev–Trinajstić information content (AvgIpc) is 3.10. The number of aromatic nitrogens is 1. The van der Waals surface area contributed by atoms with Gasteiger partial charge in [-0.15, -0.1) is 11.8 Å². The maximum atomic E-state index is 12.6. The minimum atomic E-state index is -0.393. The molecule has 1 aromatic heterocycles. The van der Waals surface area contributed by atoms with E-state index in [4.69, 9.17) is 9.47 Å². The number of piperidine rings is 1. The highest BCUT2D eigenvalue weighted by atomic mass is 32.2. The Morgan fingerprint density at radius 3 is 2.61 bits per heavy atom. The van der Waals surface area contributed by atoms with Gasteiger partial charge in [-0.05, 0) is 50.8 Å². The van der Waals surface area contributed by atoms with Crippen molar-refractivity contribution >= 4 is 51.1 Å². The van der Waals surface area contributed by atoms with E-state index in [0.717, 1.165) is 36.1 Å². The van der Waals surface area contributed by atoms with Crippen LogP contribution >= 0.6 is 23.1 Å². The van der Waals surface area contributed by atoms with Crippen LogP contribution < -0.4 is 9.54 Å². The van der Waals surface area contributed by atoms with E-state index in [1.165, 1.54) is 23.1 Å². The zero-order valence-corrected chi connectivity index (χ0v) is 21.0. The molecule has 1 aromatic carbocycles. The van der Waals surface area contributed by atoms with Crippen LogP contribution in [0.3, 0.4) is 0 Å². The molecule has 0 bridgehead atoms. The molecular weight excluding hydrogens is 462 g/mol. The summed E-state index contributed by atoms with van der Waals surface area (Å²) in [4.78, 5) is 43.6. The van der Waals surface area contributed by atoms with Crippen LogP contribution in [0.5, 0.6) is 5.75 Å². The average molecular weight is 494 g/mol. The third-order valence-corrected chi connectivity index (χ3v) is 7.31. The molecule has 1 aliphatic rings. The van der Waals surface area contributed by atoms with Crippen molar-refractivity contribution in [2.24, 2.45) is 10.9 Å². The standard InChI is InChI=1S/C23H31N3O5S2/c1-4-30-17-6-7-18-19(12-17)33-23(26(18)13-22(29)31-5-2)24-20(27)14-32-15-21(28)25-10-8-16(3)9-11-25/h6-7,12,16H,4-5,8-11,13-15H2,1-3H3. The van der Waals surface area contributed by atoms with Gasteiger partial charge in [0.25, 0.3) is 5.91 Å². The van der Waals surface area contributed by atoms with Crippen LogP contribution in [0, 0.1) is 5.92 Å². The predicted octanol–water partition coefficient (Wildman–Crippen LogP) is 3.08. The van der Waals surface area contributed by atoms with Crippen LogP contribution in [-0.2, 0) is 25.7 Å². The third kappa shape index (κ3) is 7.07. The van der Waals surface area contributed by atoms with Gasteiger partial charge in [0.2, 0.25) is 5.91 Å². The summed E-state index contributed by atoms with van der Waals surface area (Å²) in [5.41, 5.74) is 0.783. The number of rotatable bonds is 9. The summed E-state index contributed by atoms with van der Waals surface area (Å²) in [5.74, 6) is 1.09. The molecule has 10 heteroatoms. The van der Waals surface area contributed by atoms with Gasteiger partial charge >= 0.3 is 5.97 Å². The fourth-order valence-corrected chi connectivity index (χ4v) is 5.37. The van der Waals surface area contributed by atoms with Gasteiger partial charge in [0.15, 0.2) is 4.80 Å². The number of nitrogens with zero attached hydrogens (tertiary/aromatic N) is 3. The lowest BCUT2D eigenvalue weighted by molar-refractivity contribution is -0.143. The number of ether oxygens (including phenoxy) is 2. The molecule has 2 aromatic rings. The Hall–Kier alpha value is -2.33. The fraction of sp³-hybridized carbons (Fsp3) is 0.565. The summed E-state index contributed by atoms with van der Waals surface area (Å²) in [7, 11) is 0. The minimum absolute atomic E-state index is 0.0348. The SMILES string of the molecule is CCOC(=O)Cn1c(=NC(=O)CSCC(=O)N2CCC(C)CC2)sc2cc(OCC)ccc21. The maximum Gasteiger partial charge on any atom is 0.326 e. The number of hydrogen-bond donors (Lipinski definition) is 0. The van der Waals surface area contributed by atoms with Crippen LogP contribution in [0.4, 0.5) is 0 Å². The van der Waals surface area contributed by atoms with Crippen molar-refractivity contribution in [1.82, 2.24) is 9.47 Å². The van der Waals surface area contributed by atoms with Crippen LogP contribution in [0.1, 0.15) is 33.6 Å². The Kier molecular flexibility index (Phi) is 9.37. The molecule has 8 nitrogen and oxygen atoms in total. The van der Waals surface area contributed by atoms with Crippen molar-refractivity contribution in [3.05, 3.63) is 23.0 Å². The van der Waals surface area contributed by atoms with Gasteiger partial charge in [0.05, 0.1) is 34.9 Å². The second-order valence-corrected chi connectivity index (χ2v) is 9.89. The lowest BCUT2D eigenvalue weighted by Gasteiger charge is -2.30. The van der Waals surface area contributed by atoms with Crippen molar-refractivity contribution in [2.45, 2.75) is 40.2 Å². The number of likely N-dealkylation sites (tertiary alicyclic amines) is 1. The number of thioether (sulfide) groups is 1. The first-order valence-corrected chi connectivity index (χ1v) is 13.2. The normalized spacial score (nSPS) is 15.1. The van der Waals surface area contributed by atoms with E-state index < -0.39 is 5.97 Å². The molecule has 0 aliphatic carbocycles. The molecule has 0 radical (unpaired) electrons. The fourth-order valence-electron chi connectivity index (χ4n) is 3.60. The lowest BCUT2D eigenvalue weighted by Crippen LogP contribution is -2.39. The van der Waals surface area contributed by atoms with E-state index in [-0.39, 0.29) is 36.5 Å². The number of thiazole rings is 1. The van der Waals surface area contributed by atoms with Crippen LogP contribution in [0.2, 0.25) is 0 Å². The van der Waals surface area contributed by atoms with Crippen molar-refractivity contribution in [2.75, 3.05) is 37.8 Å².